The molecule has 0 heterocycles. The summed E-state index contributed by atoms with van der Waals surface area (Å²) in [5.41, 5.74) is 3.51. The van der Waals surface area contributed by atoms with E-state index in [-0.39, 0.29) is 30.6 Å². The lowest BCUT2D eigenvalue weighted by molar-refractivity contribution is -0.140. The average molecular weight is 559 g/mol. The lowest BCUT2D eigenvalue weighted by atomic mass is 10.0. The van der Waals surface area contributed by atoms with Crippen molar-refractivity contribution in [2.45, 2.75) is 31.8 Å². The molecule has 0 aromatic heterocycles. The van der Waals surface area contributed by atoms with Crippen LogP contribution in [0.5, 0.6) is 5.75 Å². The molecule has 7 heteroatoms. The molecule has 0 fully saturated rings. The Hall–Kier alpha value is -4.16. The molecule has 5 nitrogen and oxygen atoms in total. The largest absolute Gasteiger partial charge is 0.497 e. The molecule has 0 aliphatic heterocycles. The Morgan fingerprint density at radius 1 is 0.825 bits per heavy atom. The van der Waals surface area contributed by atoms with E-state index in [1.54, 1.807) is 48.4 Å². The molecule has 206 valence electrons. The Kier molecular flexibility index (Phi) is 10.3. The second kappa shape index (κ2) is 14.3. The number of carbonyl (C=O) groups is 2. The fourth-order valence-electron chi connectivity index (χ4n) is 4.46. The monoisotopic (exact) mass is 558 g/mol. The second-order valence-corrected chi connectivity index (χ2v) is 9.98. The van der Waals surface area contributed by atoms with Crippen molar-refractivity contribution in [3.05, 3.63) is 136 Å². The number of hydrogen-bond acceptors (Lipinski definition) is 3. The van der Waals surface area contributed by atoms with Crippen LogP contribution in [0, 0.1) is 5.82 Å². The zero-order valence-electron chi connectivity index (χ0n) is 22.4. The van der Waals surface area contributed by atoms with Crippen molar-refractivity contribution in [3.8, 4) is 5.75 Å². The van der Waals surface area contributed by atoms with Crippen LogP contribution in [0.4, 0.5) is 4.39 Å². The van der Waals surface area contributed by atoms with Crippen LogP contribution < -0.4 is 10.1 Å². The third-order valence-electron chi connectivity index (χ3n) is 6.68. The summed E-state index contributed by atoms with van der Waals surface area (Å²) < 4.78 is 18.9. The first kappa shape index (κ1) is 28.8. The molecule has 0 spiro atoms. The van der Waals surface area contributed by atoms with Gasteiger partial charge in [0.2, 0.25) is 11.8 Å². The first-order chi connectivity index (χ1) is 19.4. The van der Waals surface area contributed by atoms with E-state index in [1.807, 2.05) is 54.6 Å². The van der Waals surface area contributed by atoms with Crippen LogP contribution in [-0.4, -0.2) is 36.4 Å². The maximum Gasteiger partial charge on any atom is 0.243 e. The lowest BCUT2D eigenvalue weighted by Gasteiger charge is -2.32. The standard InChI is InChI=1S/C33H32ClFN2O3/c1-40-30-17-11-24(12-18-30)19-20-36-33(39)31(21-25-5-3-2-4-6-25)37(23-27-9-15-29(35)16-10-27)32(38)22-26-7-13-28(34)14-8-26/h2-18,31H,19-23H2,1H3,(H,36,39). The number of methoxy groups -OCH3 is 1. The van der Waals surface area contributed by atoms with Crippen LogP contribution in [0.3, 0.4) is 0 Å². The van der Waals surface area contributed by atoms with Crippen molar-refractivity contribution in [2.24, 2.45) is 0 Å². The molecule has 1 N–H and O–H groups in total. The third kappa shape index (κ3) is 8.42. The molecular formula is C33H32ClFN2O3. The van der Waals surface area contributed by atoms with Gasteiger partial charge in [-0.05, 0) is 65.1 Å². The fourth-order valence-corrected chi connectivity index (χ4v) is 4.58. The average Bonchev–Trinajstić information content (AvgIpc) is 2.98. The molecule has 2 amide bonds. The van der Waals surface area contributed by atoms with Gasteiger partial charge in [0.25, 0.3) is 0 Å². The molecule has 4 rings (SSSR count). The lowest BCUT2D eigenvalue weighted by Crippen LogP contribution is -2.51. The summed E-state index contributed by atoms with van der Waals surface area (Å²) >= 11 is 6.04. The molecule has 0 bridgehead atoms. The van der Waals surface area contributed by atoms with E-state index in [0.717, 1.165) is 28.0 Å². The summed E-state index contributed by atoms with van der Waals surface area (Å²) in [6.45, 7) is 0.572. The number of rotatable bonds is 12. The maximum absolute atomic E-state index is 13.8. The summed E-state index contributed by atoms with van der Waals surface area (Å²) in [5, 5.41) is 3.62. The van der Waals surface area contributed by atoms with E-state index in [1.165, 1.54) is 12.1 Å². The van der Waals surface area contributed by atoms with Crippen molar-refractivity contribution in [2.75, 3.05) is 13.7 Å². The fraction of sp³-hybridized carbons (Fsp3) is 0.212. The molecule has 1 atom stereocenters. The minimum atomic E-state index is -0.775. The molecule has 40 heavy (non-hydrogen) atoms. The number of nitrogens with zero attached hydrogens (tertiary/aromatic N) is 1. The quantitative estimate of drug-likeness (QED) is 0.231. The molecule has 1 unspecified atom stereocenters. The van der Waals surface area contributed by atoms with E-state index in [2.05, 4.69) is 5.32 Å². The van der Waals surface area contributed by atoms with E-state index in [0.29, 0.717) is 24.4 Å². The number of ether oxygens (including phenoxy) is 1. The normalized spacial score (nSPS) is 11.5. The molecular weight excluding hydrogens is 527 g/mol. The molecule has 4 aromatic rings. The number of benzene rings is 4. The smallest absolute Gasteiger partial charge is 0.243 e. The van der Waals surface area contributed by atoms with Crippen molar-refractivity contribution in [1.29, 1.82) is 0 Å². The summed E-state index contributed by atoms with van der Waals surface area (Å²) in [4.78, 5) is 29.1. The van der Waals surface area contributed by atoms with Crippen molar-refractivity contribution in [3.63, 3.8) is 0 Å². The van der Waals surface area contributed by atoms with Crippen LogP contribution >= 0.6 is 11.6 Å². The highest BCUT2D eigenvalue weighted by atomic mass is 35.5. The topological polar surface area (TPSA) is 58.6 Å². The zero-order chi connectivity index (χ0) is 28.3. The summed E-state index contributed by atoms with van der Waals surface area (Å²) in [6.07, 6.45) is 1.07. The van der Waals surface area contributed by atoms with Gasteiger partial charge in [-0.3, -0.25) is 9.59 Å². The van der Waals surface area contributed by atoms with E-state index in [4.69, 9.17) is 16.3 Å². The first-order valence-corrected chi connectivity index (χ1v) is 13.5. The number of amides is 2. The number of halogens is 2. The number of carbonyl (C=O) groups excluding carboxylic acids is 2. The van der Waals surface area contributed by atoms with Crippen molar-refractivity contribution in [1.82, 2.24) is 10.2 Å². The van der Waals surface area contributed by atoms with Crippen LogP contribution in [0.1, 0.15) is 22.3 Å². The Bertz CT molecular complexity index is 1380. The van der Waals surface area contributed by atoms with E-state index in [9.17, 15) is 14.0 Å². The molecule has 0 saturated carbocycles. The predicted octanol–water partition coefficient (Wildman–Crippen LogP) is 6.03. The van der Waals surface area contributed by atoms with Crippen LogP contribution in [0.2, 0.25) is 5.02 Å². The molecule has 0 aliphatic carbocycles. The Balaban J connectivity index is 1.58. The van der Waals surface area contributed by atoms with Gasteiger partial charge < -0.3 is 15.0 Å². The Morgan fingerprint density at radius 2 is 1.45 bits per heavy atom. The summed E-state index contributed by atoms with van der Waals surface area (Å²) in [7, 11) is 1.62. The molecule has 0 saturated heterocycles. The molecule has 0 radical (unpaired) electrons. The van der Waals surface area contributed by atoms with Crippen LogP contribution in [0.15, 0.2) is 103 Å². The Morgan fingerprint density at radius 3 is 2.10 bits per heavy atom. The van der Waals surface area contributed by atoms with E-state index >= 15 is 0 Å². The van der Waals surface area contributed by atoms with Gasteiger partial charge in [0, 0.05) is 24.5 Å². The van der Waals surface area contributed by atoms with Gasteiger partial charge >= 0.3 is 0 Å². The SMILES string of the molecule is COc1ccc(CCNC(=O)C(Cc2ccccc2)N(Cc2ccc(F)cc2)C(=O)Cc2ccc(Cl)cc2)cc1. The number of hydrogen-bond donors (Lipinski definition) is 1. The van der Waals surface area contributed by atoms with Gasteiger partial charge in [-0.25, -0.2) is 4.39 Å². The van der Waals surface area contributed by atoms with Crippen LogP contribution in [-0.2, 0) is 35.4 Å². The van der Waals surface area contributed by atoms with Gasteiger partial charge in [0.05, 0.1) is 13.5 Å². The highest BCUT2D eigenvalue weighted by molar-refractivity contribution is 6.30. The second-order valence-electron chi connectivity index (χ2n) is 9.55. The number of nitrogens with one attached hydrogen (secondary N) is 1. The van der Waals surface area contributed by atoms with Crippen molar-refractivity contribution < 1.29 is 18.7 Å². The third-order valence-corrected chi connectivity index (χ3v) is 6.93. The van der Waals surface area contributed by atoms with Crippen molar-refractivity contribution >= 4 is 23.4 Å². The van der Waals surface area contributed by atoms with E-state index < -0.39 is 6.04 Å². The van der Waals surface area contributed by atoms with Gasteiger partial charge in [0.1, 0.15) is 17.6 Å². The molecule has 4 aromatic carbocycles. The summed E-state index contributed by atoms with van der Waals surface area (Å²) in [6, 6.07) is 29.6. The zero-order valence-corrected chi connectivity index (χ0v) is 23.1. The maximum atomic E-state index is 13.8. The first-order valence-electron chi connectivity index (χ1n) is 13.1. The highest BCUT2D eigenvalue weighted by Crippen LogP contribution is 2.18. The van der Waals surface area contributed by atoms with Gasteiger partial charge in [-0.2, -0.15) is 0 Å². The minimum absolute atomic E-state index is 0.1000. The van der Waals surface area contributed by atoms with Gasteiger partial charge in [-0.1, -0.05) is 78.3 Å². The Labute approximate surface area is 239 Å². The minimum Gasteiger partial charge on any atom is -0.497 e. The predicted molar refractivity (Wildman–Crippen MR) is 156 cm³/mol. The van der Waals surface area contributed by atoms with Crippen LogP contribution in [0.25, 0.3) is 0 Å². The summed E-state index contributed by atoms with van der Waals surface area (Å²) in [5.74, 6) is -0.0481. The molecule has 0 aliphatic rings. The van der Waals surface area contributed by atoms with Gasteiger partial charge in [-0.15, -0.1) is 0 Å². The van der Waals surface area contributed by atoms with Gasteiger partial charge in [0.15, 0.2) is 0 Å². The highest BCUT2D eigenvalue weighted by Gasteiger charge is 2.30.